The summed E-state index contributed by atoms with van der Waals surface area (Å²) in [5.41, 5.74) is 0.285. The number of halogens is 1. The molecule has 0 aromatic carbocycles. The van der Waals surface area contributed by atoms with Crippen LogP contribution >= 0.6 is 11.6 Å². The standard InChI is InChI=1S/C12H19ClN2O3/c1-9(7-13)4-3-5-14-12(16)11-6-10(8-17-2)18-15-11/h6,9H,3-5,7-8H2,1-2H3,(H,14,16). The molecule has 1 amide bonds. The van der Waals surface area contributed by atoms with Crippen molar-refractivity contribution in [1.82, 2.24) is 10.5 Å². The average Bonchev–Trinajstić information content (AvgIpc) is 2.83. The van der Waals surface area contributed by atoms with Crippen molar-refractivity contribution < 1.29 is 14.1 Å². The molecule has 0 bridgehead atoms. The quantitative estimate of drug-likeness (QED) is 0.583. The fraction of sp³-hybridized carbons (Fsp3) is 0.667. The fourth-order valence-electron chi connectivity index (χ4n) is 1.45. The maximum Gasteiger partial charge on any atom is 0.273 e. The van der Waals surface area contributed by atoms with E-state index in [2.05, 4.69) is 17.4 Å². The molecule has 18 heavy (non-hydrogen) atoms. The van der Waals surface area contributed by atoms with Gasteiger partial charge in [-0.05, 0) is 18.8 Å². The monoisotopic (exact) mass is 274 g/mol. The summed E-state index contributed by atoms with van der Waals surface area (Å²) in [6, 6.07) is 1.58. The number of amides is 1. The van der Waals surface area contributed by atoms with Crippen LogP contribution < -0.4 is 5.32 Å². The maximum absolute atomic E-state index is 11.7. The second-order valence-corrected chi connectivity index (χ2v) is 4.58. The number of alkyl halides is 1. The molecule has 0 radical (unpaired) electrons. The third-order valence-electron chi connectivity index (χ3n) is 2.50. The predicted octanol–water partition coefficient (Wildman–Crippen LogP) is 2.21. The van der Waals surface area contributed by atoms with E-state index in [0.29, 0.717) is 30.7 Å². The Hall–Kier alpha value is -1.07. The van der Waals surface area contributed by atoms with Gasteiger partial charge in [0, 0.05) is 25.6 Å². The van der Waals surface area contributed by atoms with Crippen molar-refractivity contribution in [1.29, 1.82) is 0 Å². The largest absolute Gasteiger partial charge is 0.377 e. The zero-order valence-corrected chi connectivity index (χ0v) is 11.5. The number of nitrogens with one attached hydrogen (secondary N) is 1. The molecule has 1 aromatic heterocycles. The van der Waals surface area contributed by atoms with Crippen LogP contribution in [-0.2, 0) is 11.3 Å². The number of carbonyl (C=O) groups is 1. The van der Waals surface area contributed by atoms with Gasteiger partial charge >= 0.3 is 0 Å². The van der Waals surface area contributed by atoms with Gasteiger partial charge in [-0.2, -0.15) is 0 Å². The Morgan fingerprint density at radius 1 is 1.67 bits per heavy atom. The van der Waals surface area contributed by atoms with Crippen molar-refractivity contribution in [2.24, 2.45) is 5.92 Å². The van der Waals surface area contributed by atoms with Gasteiger partial charge in [-0.25, -0.2) is 0 Å². The van der Waals surface area contributed by atoms with Gasteiger partial charge in [-0.3, -0.25) is 4.79 Å². The van der Waals surface area contributed by atoms with E-state index < -0.39 is 0 Å². The minimum Gasteiger partial charge on any atom is -0.377 e. The first-order valence-electron chi connectivity index (χ1n) is 5.96. The highest BCUT2D eigenvalue weighted by Gasteiger charge is 2.11. The van der Waals surface area contributed by atoms with E-state index in [9.17, 15) is 4.79 Å². The Balaban J connectivity index is 2.27. The fourth-order valence-corrected chi connectivity index (χ4v) is 1.60. The van der Waals surface area contributed by atoms with Crippen molar-refractivity contribution in [2.75, 3.05) is 19.5 Å². The van der Waals surface area contributed by atoms with E-state index in [-0.39, 0.29) is 11.6 Å². The number of hydrogen-bond donors (Lipinski definition) is 1. The minimum absolute atomic E-state index is 0.223. The van der Waals surface area contributed by atoms with Crippen molar-refractivity contribution in [3.8, 4) is 0 Å². The zero-order chi connectivity index (χ0) is 13.4. The van der Waals surface area contributed by atoms with Gasteiger partial charge in [0.25, 0.3) is 5.91 Å². The van der Waals surface area contributed by atoms with Gasteiger partial charge in [0.2, 0.25) is 0 Å². The molecule has 0 aliphatic carbocycles. The van der Waals surface area contributed by atoms with Crippen LogP contribution in [0, 0.1) is 5.92 Å². The summed E-state index contributed by atoms with van der Waals surface area (Å²) in [6.07, 6.45) is 1.90. The summed E-state index contributed by atoms with van der Waals surface area (Å²) < 4.78 is 9.82. The lowest BCUT2D eigenvalue weighted by Crippen LogP contribution is -2.25. The molecule has 0 aliphatic heterocycles. The molecule has 1 rings (SSSR count). The number of aromatic nitrogens is 1. The van der Waals surface area contributed by atoms with E-state index in [1.54, 1.807) is 13.2 Å². The third-order valence-corrected chi connectivity index (χ3v) is 3.03. The lowest BCUT2D eigenvalue weighted by atomic mass is 10.1. The van der Waals surface area contributed by atoms with Crippen LogP contribution in [0.15, 0.2) is 10.6 Å². The van der Waals surface area contributed by atoms with E-state index in [1.807, 2.05) is 0 Å². The SMILES string of the molecule is COCc1cc(C(=O)NCCCC(C)CCl)no1. The van der Waals surface area contributed by atoms with Gasteiger partial charge in [0.05, 0.1) is 0 Å². The summed E-state index contributed by atoms with van der Waals surface area (Å²) in [6.45, 7) is 3.02. The maximum atomic E-state index is 11.7. The molecule has 0 fully saturated rings. The van der Waals surface area contributed by atoms with Crippen molar-refractivity contribution in [3.05, 3.63) is 17.5 Å². The van der Waals surface area contributed by atoms with Crippen LogP contribution in [0.2, 0.25) is 0 Å². The van der Waals surface area contributed by atoms with Crippen LogP contribution in [0.3, 0.4) is 0 Å². The third kappa shape index (κ3) is 5.06. The van der Waals surface area contributed by atoms with Crippen molar-refractivity contribution in [3.63, 3.8) is 0 Å². The summed E-state index contributed by atoms with van der Waals surface area (Å²) in [7, 11) is 1.56. The molecule has 1 N–H and O–H groups in total. The normalized spacial score (nSPS) is 12.4. The zero-order valence-electron chi connectivity index (χ0n) is 10.7. The summed E-state index contributed by atoms with van der Waals surface area (Å²) in [4.78, 5) is 11.7. The molecule has 1 unspecified atom stereocenters. The van der Waals surface area contributed by atoms with Crippen LogP contribution in [-0.4, -0.2) is 30.6 Å². The van der Waals surface area contributed by atoms with E-state index in [0.717, 1.165) is 12.8 Å². The number of nitrogens with zero attached hydrogens (tertiary/aromatic N) is 1. The highest BCUT2D eigenvalue weighted by Crippen LogP contribution is 2.07. The summed E-state index contributed by atoms with van der Waals surface area (Å²) in [5, 5.41) is 6.47. The highest BCUT2D eigenvalue weighted by molar-refractivity contribution is 6.18. The Morgan fingerprint density at radius 3 is 3.11 bits per heavy atom. The predicted molar refractivity (Wildman–Crippen MR) is 68.7 cm³/mol. The number of ether oxygens (including phenoxy) is 1. The Bertz CT molecular complexity index is 368. The number of hydrogen-bond acceptors (Lipinski definition) is 4. The highest BCUT2D eigenvalue weighted by atomic mass is 35.5. The van der Waals surface area contributed by atoms with Crippen LogP contribution in [0.4, 0.5) is 0 Å². The molecule has 6 heteroatoms. The van der Waals surface area contributed by atoms with Gasteiger partial charge in [0.15, 0.2) is 11.5 Å². The molecular weight excluding hydrogens is 256 g/mol. The second kappa shape index (κ2) is 8.11. The number of methoxy groups -OCH3 is 1. The van der Waals surface area contributed by atoms with Crippen LogP contribution in [0.25, 0.3) is 0 Å². The molecule has 0 saturated heterocycles. The first-order valence-corrected chi connectivity index (χ1v) is 6.49. The molecule has 0 saturated carbocycles. The van der Waals surface area contributed by atoms with Gasteiger partial charge in [0.1, 0.15) is 6.61 Å². The Morgan fingerprint density at radius 2 is 2.44 bits per heavy atom. The molecule has 5 nitrogen and oxygen atoms in total. The smallest absolute Gasteiger partial charge is 0.273 e. The Labute approximate surface area is 112 Å². The molecular formula is C12H19ClN2O3. The van der Waals surface area contributed by atoms with E-state index in [1.165, 1.54) is 0 Å². The number of carbonyl (C=O) groups excluding carboxylic acids is 1. The van der Waals surface area contributed by atoms with E-state index in [4.69, 9.17) is 20.9 Å². The minimum atomic E-state index is -0.223. The van der Waals surface area contributed by atoms with Crippen LogP contribution in [0.5, 0.6) is 0 Å². The first kappa shape index (κ1) is 15.0. The van der Waals surface area contributed by atoms with Gasteiger partial charge < -0.3 is 14.6 Å². The molecule has 0 spiro atoms. The Kier molecular flexibility index (Phi) is 6.75. The first-order chi connectivity index (χ1) is 8.67. The average molecular weight is 275 g/mol. The topological polar surface area (TPSA) is 64.4 Å². The molecule has 1 aromatic rings. The van der Waals surface area contributed by atoms with Gasteiger partial charge in [-0.1, -0.05) is 12.1 Å². The lowest BCUT2D eigenvalue weighted by Gasteiger charge is -2.06. The molecule has 0 aliphatic rings. The van der Waals surface area contributed by atoms with E-state index >= 15 is 0 Å². The summed E-state index contributed by atoms with van der Waals surface area (Å²) in [5.74, 6) is 1.44. The second-order valence-electron chi connectivity index (χ2n) is 4.27. The molecule has 102 valence electrons. The van der Waals surface area contributed by atoms with Gasteiger partial charge in [-0.15, -0.1) is 11.6 Å². The van der Waals surface area contributed by atoms with Crippen molar-refractivity contribution in [2.45, 2.75) is 26.4 Å². The van der Waals surface area contributed by atoms with Crippen molar-refractivity contribution >= 4 is 17.5 Å². The van der Waals surface area contributed by atoms with Crippen LogP contribution in [0.1, 0.15) is 36.0 Å². The molecule has 1 atom stereocenters. The summed E-state index contributed by atoms with van der Waals surface area (Å²) >= 11 is 5.70. The number of rotatable bonds is 8. The molecule has 1 heterocycles. The lowest BCUT2D eigenvalue weighted by molar-refractivity contribution is 0.0942.